The van der Waals surface area contributed by atoms with Crippen LogP contribution in [-0.2, 0) is 30.7 Å². The highest BCUT2D eigenvalue weighted by molar-refractivity contribution is 6.36. The van der Waals surface area contributed by atoms with Crippen LogP contribution in [0, 0.1) is 11.8 Å². The molecule has 2 heterocycles. The van der Waals surface area contributed by atoms with Crippen molar-refractivity contribution < 1.29 is 18.8 Å². The number of rotatable bonds is 4. The summed E-state index contributed by atoms with van der Waals surface area (Å²) in [4.78, 5) is 38.4. The van der Waals surface area contributed by atoms with Gasteiger partial charge in [-0.3, -0.25) is 19.3 Å². The fourth-order valence-electron chi connectivity index (χ4n) is 5.68. The maximum atomic E-state index is 13.6. The van der Waals surface area contributed by atoms with Crippen LogP contribution in [0.4, 0.5) is 0 Å². The molecule has 0 unspecified atom stereocenters. The maximum absolute atomic E-state index is 13.6. The van der Waals surface area contributed by atoms with Crippen LogP contribution in [0.1, 0.15) is 28.0 Å². The standard InChI is InChI=1S/C25H18Cl2N2O4/c26-24-15-7-1-2-8-16(15)25(27,18-10-4-3-9-17(18)24)21-20(24)22(31)29(23(21)32)13-19(30)28-12-14-6-5-11-33-14/h1-11,20-21H,12-13H2,(H,28,30)/t20-,21+,24?,25?. The Morgan fingerprint density at radius 1 is 0.848 bits per heavy atom. The Morgan fingerprint density at radius 2 is 1.33 bits per heavy atom. The highest BCUT2D eigenvalue weighted by Gasteiger charge is 2.73. The molecule has 1 aromatic heterocycles. The summed E-state index contributed by atoms with van der Waals surface area (Å²) in [6, 6.07) is 18.3. The van der Waals surface area contributed by atoms with E-state index in [0.29, 0.717) is 5.76 Å². The number of hydrogen-bond donors (Lipinski definition) is 1. The molecular weight excluding hydrogens is 463 g/mol. The van der Waals surface area contributed by atoms with Gasteiger partial charge in [-0.1, -0.05) is 48.5 Å². The zero-order chi connectivity index (χ0) is 23.0. The quantitative estimate of drug-likeness (QED) is 0.457. The third-order valence-corrected chi connectivity index (χ3v) is 8.30. The van der Waals surface area contributed by atoms with Gasteiger partial charge in [0.1, 0.15) is 22.1 Å². The molecule has 3 amide bonds. The van der Waals surface area contributed by atoms with Gasteiger partial charge in [-0.2, -0.15) is 0 Å². The summed E-state index contributed by atoms with van der Waals surface area (Å²) in [6.07, 6.45) is 1.50. The smallest absolute Gasteiger partial charge is 0.240 e. The number of imide groups is 1. The van der Waals surface area contributed by atoms with Crippen molar-refractivity contribution in [3.8, 4) is 0 Å². The van der Waals surface area contributed by atoms with E-state index in [1.165, 1.54) is 6.26 Å². The molecule has 33 heavy (non-hydrogen) atoms. The third kappa shape index (κ3) is 2.53. The van der Waals surface area contributed by atoms with Crippen LogP contribution in [0.2, 0.25) is 0 Å². The molecular formula is C25H18Cl2N2O4. The highest BCUT2D eigenvalue weighted by Crippen LogP contribution is 2.69. The van der Waals surface area contributed by atoms with E-state index in [4.69, 9.17) is 27.6 Å². The second-order valence-corrected chi connectivity index (χ2v) is 9.78. The molecule has 8 heteroatoms. The van der Waals surface area contributed by atoms with Crippen molar-refractivity contribution in [3.05, 3.63) is 94.9 Å². The van der Waals surface area contributed by atoms with Crippen molar-refractivity contribution in [2.75, 3.05) is 6.54 Å². The lowest BCUT2D eigenvalue weighted by Gasteiger charge is -2.54. The molecule has 7 rings (SSSR count). The molecule has 0 saturated carbocycles. The van der Waals surface area contributed by atoms with E-state index < -0.39 is 45.9 Å². The Labute approximate surface area is 199 Å². The Bertz CT molecular complexity index is 1200. The van der Waals surface area contributed by atoms with Crippen molar-refractivity contribution in [2.45, 2.75) is 16.3 Å². The number of furan rings is 1. The summed E-state index contributed by atoms with van der Waals surface area (Å²) in [5.74, 6) is -2.69. The van der Waals surface area contributed by atoms with E-state index >= 15 is 0 Å². The lowest BCUT2D eigenvalue weighted by atomic mass is 9.54. The third-order valence-electron chi connectivity index (χ3n) is 7.02. The molecule has 0 radical (unpaired) electrons. The van der Waals surface area contributed by atoms with E-state index in [0.717, 1.165) is 27.2 Å². The molecule has 1 saturated heterocycles. The zero-order valence-electron chi connectivity index (χ0n) is 17.3. The molecule has 2 atom stereocenters. The predicted molar refractivity (Wildman–Crippen MR) is 120 cm³/mol. The number of carbonyl (C=O) groups excluding carboxylic acids is 3. The summed E-state index contributed by atoms with van der Waals surface area (Å²) in [5.41, 5.74) is 2.91. The zero-order valence-corrected chi connectivity index (χ0v) is 18.8. The summed E-state index contributed by atoms with van der Waals surface area (Å²) < 4.78 is 5.21. The molecule has 4 aliphatic rings. The van der Waals surface area contributed by atoms with Crippen molar-refractivity contribution in [3.63, 3.8) is 0 Å². The van der Waals surface area contributed by atoms with Gasteiger partial charge in [-0.25, -0.2) is 0 Å². The van der Waals surface area contributed by atoms with Crippen LogP contribution in [0.15, 0.2) is 71.3 Å². The van der Waals surface area contributed by atoms with Crippen LogP contribution in [-0.4, -0.2) is 29.2 Å². The first-order valence-electron chi connectivity index (χ1n) is 10.6. The molecule has 2 bridgehead atoms. The van der Waals surface area contributed by atoms with Gasteiger partial charge in [0.15, 0.2) is 0 Å². The Kier molecular flexibility index (Phi) is 4.32. The number of carbonyl (C=O) groups is 3. The number of nitrogens with one attached hydrogen (secondary N) is 1. The minimum atomic E-state index is -1.25. The number of likely N-dealkylation sites (tertiary alicyclic amines) is 1. The van der Waals surface area contributed by atoms with E-state index in [1.807, 2.05) is 48.5 Å². The van der Waals surface area contributed by atoms with Crippen molar-refractivity contribution in [2.24, 2.45) is 11.8 Å². The number of alkyl halides is 2. The van der Waals surface area contributed by atoms with E-state index in [1.54, 1.807) is 12.1 Å². The summed E-state index contributed by atoms with van der Waals surface area (Å²) in [5, 5.41) is 2.68. The Morgan fingerprint density at radius 3 is 1.76 bits per heavy atom. The molecule has 1 N–H and O–H groups in total. The monoisotopic (exact) mass is 480 g/mol. The van der Waals surface area contributed by atoms with Gasteiger partial charge in [0.25, 0.3) is 0 Å². The minimum absolute atomic E-state index is 0.157. The Hall–Kier alpha value is -3.09. The van der Waals surface area contributed by atoms with E-state index in [9.17, 15) is 14.4 Å². The molecule has 3 aromatic rings. The topological polar surface area (TPSA) is 79.6 Å². The average molecular weight is 481 g/mol. The Balaban J connectivity index is 1.41. The second-order valence-electron chi connectivity index (χ2n) is 8.59. The fraction of sp³-hybridized carbons (Fsp3) is 0.240. The first-order valence-corrected chi connectivity index (χ1v) is 11.4. The van der Waals surface area contributed by atoms with Crippen LogP contribution < -0.4 is 5.32 Å². The van der Waals surface area contributed by atoms with Gasteiger partial charge in [-0.15, -0.1) is 23.2 Å². The lowest BCUT2D eigenvalue weighted by molar-refractivity contribution is -0.143. The van der Waals surface area contributed by atoms with Gasteiger partial charge < -0.3 is 9.73 Å². The highest BCUT2D eigenvalue weighted by atomic mass is 35.5. The summed E-state index contributed by atoms with van der Waals surface area (Å²) >= 11 is 14.7. The van der Waals surface area contributed by atoms with Crippen LogP contribution >= 0.6 is 23.2 Å². The molecule has 3 aliphatic carbocycles. The molecule has 166 valence electrons. The van der Waals surface area contributed by atoms with Gasteiger partial charge >= 0.3 is 0 Å². The molecule has 6 nitrogen and oxygen atoms in total. The van der Waals surface area contributed by atoms with E-state index in [-0.39, 0.29) is 6.54 Å². The maximum Gasteiger partial charge on any atom is 0.240 e. The number of hydrogen-bond acceptors (Lipinski definition) is 4. The van der Waals surface area contributed by atoms with Crippen LogP contribution in [0.3, 0.4) is 0 Å². The van der Waals surface area contributed by atoms with Crippen molar-refractivity contribution in [1.29, 1.82) is 0 Å². The van der Waals surface area contributed by atoms with Gasteiger partial charge in [0, 0.05) is 0 Å². The molecule has 1 aliphatic heterocycles. The number of halogens is 2. The number of amides is 3. The van der Waals surface area contributed by atoms with Crippen LogP contribution in [0.25, 0.3) is 0 Å². The van der Waals surface area contributed by atoms with Crippen molar-refractivity contribution in [1.82, 2.24) is 10.2 Å². The normalized spacial score (nSPS) is 29.0. The fourth-order valence-corrected chi connectivity index (χ4v) is 6.78. The molecule has 2 aromatic carbocycles. The predicted octanol–water partition coefficient (Wildman–Crippen LogP) is 3.49. The lowest BCUT2D eigenvalue weighted by Crippen LogP contribution is -2.57. The SMILES string of the molecule is O=C(CN1C(=O)[C@@H]2[C@H](C1=O)C1(Cl)c3ccccc3C2(Cl)c2ccccc21)NCc1ccco1. The largest absolute Gasteiger partial charge is 0.467 e. The van der Waals surface area contributed by atoms with Gasteiger partial charge in [-0.05, 0) is 34.4 Å². The summed E-state index contributed by atoms with van der Waals surface area (Å²) in [6.45, 7) is -0.247. The first-order chi connectivity index (χ1) is 15.9. The molecule has 1 fully saturated rings. The number of nitrogens with zero attached hydrogens (tertiary/aromatic N) is 1. The first kappa shape index (κ1) is 20.5. The molecule has 0 spiro atoms. The van der Waals surface area contributed by atoms with E-state index in [2.05, 4.69) is 5.32 Å². The average Bonchev–Trinajstić information content (AvgIpc) is 3.44. The van der Waals surface area contributed by atoms with Gasteiger partial charge in [0.2, 0.25) is 17.7 Å². The van der Waals surface area contributed by atoms with Crippen molar-refractivity contribution >= 4 is 40.9 Å². The second kappa shape index (κ2) is 6.95. The van der Waals surface area contributed by atoms with Gasteiger partial charge in [0.05, 0.1) is 24.6 Å². The minimum Gasteiger partial charge on any atom is -0.467 e. The number of benzene rings is 2. The summed E-state index contributed by atoms with van der Waals surface area (Å²) in [7, 11) is 0. The van der Waals surface area contributed by atoms with Crippen LogP contribution in [0.5, 0.6) is 0 Å².